The van der Waals surface area contributed by atoms with Crippen molar-refractivity contribution in [2.45, 2.75) is 106 Å². The first-order chi connectivity index (χ1) is 29.8. The molecule has 2 saturated carbocycles. The average molecular weight is 972 g/mol. The van der Waals surface area contributed by atoms with Crippen molar-refractivity contribution in [1.29, 1.82) is 0 Å². The van der Waals surface area contributed by atoms with Crippen LogP contribution in [0.25, 0.3) is 0 Å². The maximum atomic E-state index is 13.1. The fourth-order valence-electron chi connectivity index (χ4n) is 7.62. The highest BCUT2D eigenvalue weighted by Gasteiger charge is 2.31. The summed E-state index contributed by atoms with van der Waals surface area (Å²) in [6.45, 7) is 5.13. The Bertz CT molecular complexity index is 2420. The van der Waals surface area contributed by atoms with E-state index in [1.165, 1.54) is 79.7 Å². The molecule has 4 aromatic rings. The molecule has 2 fully saturated rings. The van der Waals surface area contributed by atoms with Crippen molar-refractivity contribution in [3.8, 4) is 0 Å². The van der Waals surface area contributed by atoms with Crippen LogP contribution in [0.3, 0.4) is 0 Å². The van der Waals surface area contributed by atoms with Gasteiger partial charge in [0.2, 0.25) is 31.9 Å². The molecule has 0 heterocycles. The first-order valence-corrected chi connectivity index (χ1v) is 24.9. The Hall–Kier alpha value is -4.68. The number of sulfonamides is 2. The molecule has 4 N–H and O–H groups in total. The van der Waals surface area contributed by atoms with Gasteiger partial charge in [-0.2, -0.15) is 0 Å². The summed E-state index contributed by atoms with van der Waals surface area (Å²) >= 11 is 3.10. The summed E-state index contributed by atoms with van der Waals surface area (Å²) in [6.07, 6.45) is 4.56. The highest BCUT2D eigenvalue weighted by Crippen LogP contribution is 2.29. The average Bonchev–Trinajstić information content (AvgIpc) is 3.27. The Kier molecular flexibility index (Phi) is 17.5. The van der Waals surface area contributed by atoms with E-state index in [4.69, 9.17) is 0 Å². The maximum absolute atomic E-state index is 13.1. The van der Waals surface area contributed by atoms with E-state index in [-0.39, 0.29) is 86.1 Å². The third-order valence-electron chi connectivity index (χ3n) is 11.5. The highest BCUT2D eigenvalue weighted by atomic mass is 79.9. The standard InChI is InChI=1S/C23H26BrFN2O4S.C23H27FN2O4S/c1-15(16-2-8-19(25)9-3-16)26-23(29)18-4-10-20(11-5-18)27-32(30,31)21-12-6-17(7-13-21)22(28)14-24;1-15(17-3-9-20(24)10-4-17)25-23(28)19-5-11-21(12-6-19)26-31(29,30)22-13-7-18(8-14-22)16(2)27/h2-3,6-9,12-13,15,18,20,27H,4-5,10-11,14H2,1H3,(H,26,29);3-4,7-10,13-15,19,21,26H,5-6,11-12H2,1-2H3,(H,25,28)/t15-,18?,20?;15-,19?,21?/m11/s1. The number of Topliss-reactive ketones (excluding diaryl/α,β-unsaturated/α-hetero) is 2. The maximum Gasteiger partial charge on any atom is 0.240 e. The number of hydrogen-bond donors (Lipinski definition) is 4. The Morgan fingerprint density at radius 3 is 1.21 bits per heavy atom. The van der Waals surface area contributed by atoms with Crippen LogP contribution in [0.2, 0.25) is 0 Å². The van der Waals surface area contributed by atoms with Gasteiger partial charge in [-0.15, -0.1) is 0 Å². The molecule has 2 atom stereocenters. The summed E-state index contributed by atoms with van der Waals surface area (Å²) < 4.78 is 82.2. The summed E-state index contributed by atoms with van der Waals surface area (Å²) in [4.78, 5) is 48.5. The smallest absolute Gasteiger partial charge is 0.240 e. The van der Waals surface area contributed by atoms with Gasteiger partial charge in [0.05, 0.1) is 27.2 Å². The van der Waals surface area contributed by atoms with Crippen molar-refractivity contribution in [2.24, 2.45) is 11.8 Å². The third-order valence-corrected chi connectivity index (χ3v) is 15.1. The van der Waals surface area contributed by atoms with Crippen molar-refractivity contribution in [3.63, 3.8) is 0 Å². The van der Waals surface area contributed by atoms with Crippen LogP contribution in [-0.2, 0) is 29.6 Å². The summed E-state index contributed by atoms with van der Waals surface area (Å²) in [7, 11) is -7.40. The largest absolute Gasteiger partial charge is 0.349 e. The van der Waals surface area contributed by atoms with E-state index >= 15 is 0 Å². The van der Waals surface area contributed by atoms with Gasteiger partial charge in [0, 0.05) is 35.0 Å². The number of rotatable bonds is 15. The summed E-state index contributed by atoms with van der Waals surface area (Å²) in [5.41, 5.74) is 2.56. The lowest BCUT2D eigenvalue weighted by Gasteiger charge is -2.29. The number of benzene rings is 4. The zero-order chi connectivity index (χ0) is 45.9. The lowest BCUT2D eigenvalue weighted by Crippen LogP contribution is -2.41. The van der Waals surface area contributed by atoms with Crippen molar-refractivity contribution >= 4 is 59.4 Å². The zero-order valence-electron chi connectivity index (χ0n) is 35.3. The monoisotopic (exact) mass is 970 g/mol. The number of alkyl halides is 1. The summed E-state index contributed by atoms with van der Waals surface area (Å²) in [5, 5.41) is 6.10. The van der Waals surface area contributed by atoms with E-state index in [1.807, 2.05) is 13.8 Å². The number of nitrogens with one attached hydrogen (secondary N) is 4. The quantitative estimate of drug-likeness (QED) is 0.0686. The zero-order valence-corrected chi connectivity index (χ0v) is 38.5. The molecule has 0 unspecified atom stereocenters. The van der Waals surface area contributed by atoms with Gasteiger partial charge < -0.3 is 10.6 Å². The summed E-state index contributed by atoms with van der Waals surface area (Å²) in [6, 6.07) is 22.8. The van der Waals surface area contributed by atoms with E-state index in [2.05, 4.69) is 36.0 Å². The fourth-order valence-corrected chi connectivity index (χ4v) is 10.6. The van der Waals surface area contributed by atoms with Crippen LogP contribution in [-0.4, -0.2) is 57.6 Å². The van der Waals surface area contributed by atoms with E-state index < -0.39 is 20.0 Å². The second-order valence-corrected chi connectivity index (χ2v) is 20.1. The molecule has 17 heteroatoms. The Morgan fingerprint density at radius 1 is 0.556 bits per heavy atom. The predicted octanol–water partition coefficient (Wildman–Crippen LogP) is 7.86. The van der Waals surface area contributed by atoms with Crippen molar-refractivity contribution in [2.75, 3.05) is 5.33 Å². The molecule has 6 rings (SSSR count). The van der Waals surface area contributed by atoms with Crippen LogP contribution in [0.1, 0.15) is 116 Å². The lowest BCUT2D eigenvalue weighted by molar-refractivity contribution is -0.127. The highest BCUT2D eigenvalue weighted by molar-refractivity contribution is 9.09. The van der Waals surface area contributed by atoms with Crippen LogP contribution >= 0.6 is 15.9 Å². The molecule has 0 aromatic heterocycles. The molecule has 2 amide bonds. The molecule has 0 radical (unpaired) electrons. The number of carbonyl (C=O) groups excluding carboxylic acids is 4. The van der Waals surface area contributed by atoms with Crippen LogP contribution < -0.4 is 20.1 Å². The van der Waals surface area contributed by atoms with Gasteiger partial charge in [0.15, 0.2) is 11.6 Å². The minimum Gasteiger partial charge on any atom is -0.349 e. The van der Waals surface area contributed by atoms with E-state index in [0.717, 1.165) is 11.1 Å². The number of halogens is 3. The molecule has 4 aromatic carbocycles. The molecular weight excluding hydrogens is 919 g/mol. The first kappa shape index (κ1) is 49.3. The van der Waals surface area contributed by atoms with Gasteiger partial charge in [-0.25, -0.2) is 35.1 Å². The number of hydrogen-bond acceptors (Lipinski definition) is 8. The van der Waals surface area contributed by atoms with Gasteiger partial charge in [-0.05, 0) is 132 Å². The second-order valence-electron chi connectivity index (χ2n) is 16.1. The Balaban J connectivity index is 0.000000238. The molecule has 2 aliphatic rings. The summed E-state index contributed by atoms with van der Waals surface area (Å²) in [5.74, 6) is -1.40. The fraction of sp³-hybridized carbons (Fsp3) is 0.391. The van der Waals surface area contributed by atoms with Crippen molar-refractivity contribution < 1.29 is 44.8 Å². The van der Waals surface area contributed by atoms with Crippen molar-refractivity contribution in [1.82, 2.24) is 20.1 Å². The normalized spacial score (nSPS) is 20.0. The van der Waals surface area contributed by atoms with Crippen LogP contribution in [0.15, 0.2) is 107 Å². The third kappa shape index (κ3) is 14.2. The van der Waals surface area contributed by atoms with Crippen LogP contribution in [0, 0.1) is 23.5 Å². The predicted molar refractivity (Wildman–Crippen MR) is 239 cm³/mol. The second kappa shape index (κ2) is 22.3. The molecule has 0 bridgehead atoms. The molecule has 0 aliphatic heterocycles. The van der Waals surface area contributed by atoms with Crippen LogP contribution in [0.5, 0.6) is 0 Å². The van der Waals surface area contributed by atoms with Gasteiger partial charge in [0.25, 0.3) is 0 Å². The molecule has 12 nitrogen and oxygen atoms in total. The molecular formula is C46H53BrF2N4O8S2. The van der Waals surface area contributed by atoms with Gasteiger partial charge in [-0.3, -0.25) is 19.2 Å². The molecule has 63 heavy (non-hydrogen) atoms. The van der Waals surface area contributed by atoms with Gasteiger partial charge in [-0.1, -0.05) is 64.5 Å². The van der Waals surface area contributed by atoms with Crippen molar-refractivity contribution in [3.05, 3.63) is 131 Å². The minimum absolute atomic E-state index is 0.0713. The molecule has 0 spiro atoms. The minimum atomic E-state index is -3.71. The van der Waals surface area contributed by atoms with Gasteiger partial charge in [0.1, 0.15) is 11.6 Å². The number of carbonyl (C=O) groups is 4. The Labute approximate surface area is 376 Å². The lowest BCUT2D eigenvalue weighted by atomic mass is 9.85. The van der Waals surface area contributed by atoms with E-state index in [9.17, 15) is 44.8 Å². The SMILES string of the molecule is CC(=O)c1ccc(S(=O)(=O)NC2CCC(C(=O)N[C@H](C)c3ccc(F)cc3)CC2)cc1.C[C@@H](NC(=O)C1CCC(NS(=O)(=O)c2ccc(C(=O)CBr)cc2)CC1)c1ccc(F)cc1. The number of ketones is 2. The van der Waals surface area contributed by atoms with Crippen LogP contribution in [0.4, 0.5) is 8.78 Å². The topological polar surface area (TPSA) is 185 Å². The number of amides is 2. The van der Waals surface area contributed by atoms with E-state index in [1.54, 1.807) is 24.3 Å². The first-order valence-electron chi connectivity index (χ1n) is 20.8. The molecule has 0 saturated heterocycles. The van der Waals surface area contributed by atoms with Gasteiger partial charge >= 0.3 is 0 Å². The molecule has 338 valence electrons. The Morgan fingerprint density at radius 2 is 0.889 bits per heavy atom. The molecule has 2 aliphatic carbocycles. The van der Waals surface area contributed by atoms with E-state index in [0.29, 0.717) is 62.5 Å².